The molecule has 2 aromatic rings. The summed E-state index contributed by atoms with van der Waals surface area (Å²) < 4.78 is 8.12. The van der Waals surface area contributed by atoms with E-state index in [4.69, 9.17) is 4.74 Å². The van der Waals surface area contributed by atoms with Gasteiger partial charge < -0.3 is 14.2 Å². The summed E-state index contributed by atoms with van der Waals surface area (Å²) in [5.41, 5.74) is 1.67. The molecule has 106 valence electrons. The highest BCUT2D eigenvalue weighted by Crippen LogP contribution is 2.28. The number of nitrogens with zero attached hydrogens (tertiary/aromatic N) is 2. The van der Waals surface area contributed by atoms with Gasteiger partial charge in [0.05, 0.1) is 9.09 Å². The van der Waals surface area contributed by atoms with E-state index in [0.717, 1.165) is 14.5 Å². The molecule has 4 nitrogen and oxygen atoms in total. The van der Waals surface area contributed by atoms with Crippen LogP contribution in [-0.4, -0.2) is 36.1 Å². The highest BCUT2D eigenvalue weighted by molar-refractivity contribution is 14.1. The van der Waals surface area contributed by atoms with Crippen molar-refractivity contribution in [3.05, 3.63) is 46.2 Å². The van der Waals surface area contributed by atoms with Crippen molar-refractivity contribution in [2.75, 3.05) is 20.7 Å². The van der Waals surface area contributed by atoms with Crippen LogP contribution in [0.25, 0.3) is 10.9 Å². The Kier molecular flexibility index (Phi) is 4.82. The number of benzene rings is 1. The number of halogens is 1. The zero-order valence-electron chi connectivity index (χ0n) is 11.6. The van der Waals surface area contributed by atoms with Crippen LogP contribution in [0.4, 0.5) is 0 Å². The van der Waals surface area contributed by atoms with Gasteiger partial charge in [-0.3, -0.25) is 4.79 Å². The van der Waals surface area contributed by atoms with E-state index in [-0.39, 0.29) is 5.91 Å². The molecule has 0 atom stereocenters. The Bertz CT molecular complexity index is 649. The van der Waals surface area contributed by atoms with Crippen molar-refractivity contribution in [3.8, 4) is 0 Å². The Balaban J connectivity index is 2.61. The topological polar surface area (TPSA) is 34.5 Å². The minimum absolute atomic E-state index is 0.0254. The van der Waals surface area contributed by atoms with Gasteiger partial charge >= 0.3 is 0 Å². The first-order valence-corrected chi connectivity index (χ1v) is 7.31. The summed E-state index contributed by atoms with van der Waals surface area (Å²) in [5.74, 6) is -0.0254. The lowest BCUT2D eigenvalue weighted by atomic mass is 10.2. The summed E-state index contributed by atoms with van der Waals surface area (Å²) in [7, 11) is 3.40. The highest BCUT2D eigenvalue weighted by Gasteiger charge is 2.23. The minimum atomic E-state index is -0.0254. The Morgan fingerprint density at radius 1 is 1.50 bits per heavy atom. The Labute approximate surface area is 132 Å². The maximum absolute atomic E-state index is 12.6. The third-order valence-corrected chi connectivity index (χ3v) is 4.21. The molecular weight excluding hydrogens is 367 g/mol. The largest absolute Gasteiger partial charge is 0.364 e. The second kappa shape index (κ2) is 6.41. The van der Waals surface area contributed by atoms with Crippen molar-refractivity contribution in [2.45, 2.75) is 6.73 Å². The second-order valence-corrected chi connectivity index (χ2v) is 5.58. The molecule has 0 aliphatic rings. The summed E-state index contributed by atoms with van der Waals surface area (Å²) >= 11 is 2.23. The Morgan fingerprint density at radius 2 is 2.20 bits per heavy atom. The molecule has 0 saturated heterocycles. The number of likely N-dealkylation sites (N-methyl/N-ethyl adjacent to an activating group) is 1. The quantitative estimate of drug-likeness (QED) is 0.587. The molecule has 1 amide bonds. The molecule has 2 rings (SSSR count). The first-order chi connectivity index (χ1) is 9.61. The number of methoxy groups -OCH3 is 1. The van der Waals surface area contributed by atoms with Crippen molar-refractivity contribution in [1.82, 2.24) is 9.47 Å². The summed E-state index contributed by atoms with van der Waals surface area (Å²) in [6.07, 6.45) is 1.72. The molecular formula is C15H17IN2O2. The van der Waals surface area contributed by atoms with E-state index in [1.54, 1.807) is 25.1 Å². The predicted molar refractivity (Wildman–Crippen MR) is 88.8 cm³/mol. The number of aromatic nitrogens is 1. The molecule has 0 fully saturated rings. The SMILES string of the molecule is C=CCN(C)C(=O)c1c(I)c2ccccc2n1COC. The Morgan fingerprint density at radius 3 is 2.85 bits per heavy atom. The van der Waals surface area contributed by atoms with Gasteiger partial charge in [-0.15, -0.1) is 6.58 Å². The maximum atomic E-state index is 12.6. The van der Waals surface area contributed by atoms with Gasteiger partial charge in [0.15, 0.2) is 0 Å². The third kappa shape index (κ3) is 2.60. The van der Waals surface area contributed by atoms with Gasteiger partial charge in [-0.25, -0.2) is 0 Å². The molecule has 0 unspecified atom stereocenters. The summed E-state index contributed by atoms with van der Waals surface area (Å²) in [6.45, 7) is 4.54. The molecule has 0 saturated carbocycles. The number of amides is 1. The van der Waals surface area contributed by atoms with Crippen LogP contribution in [0.2, 0.25) is 0 Å². The number of rotatable bonds is 5. The number of fused-ring (bicyclic) bond motifs is 1. The molecule has 1 heterocycles. The molecule has 1 aromatic heterocycles. The molecule has 0 bridgehead atoms. The van der Waals surface area contributed by atoms with Gasteiger partial charge in [-0.2, -0.15) is 0 Å². The van der Waals surface area contributed by atoms with Crippen molar-refractivity contribution < 1.29 is 9.53 Å². The maximum Gasteiger partial charge on any atom is 0.271 e. The van der Waals surface area contributed by atoms with E-state index >= 15 is 0 Å². The van der Waals surface area contributed by atoms with Crippen LogP contribution >= 0.6 is 22.6 Å². The molecule has 1 aromatic carbocycles. The number of para-hydroxylation sites is 1. The molecule has 0 aliphatic heterocycles. The van der Waals surface area contributed by atoms with Crippen LogP contribution in [0.5, 0.6) is 0 Å². The lowest BCUT2D eigenvalue weighted by molar-refractivity contribution is 0.0775. The number of carbonyl (C=O) groups is 1. The summed E-state index contributed by atoms with van der Waals surface area (Å²) in [6, 6.07) is 7.96. The lowest BCUT2D eigenvalue weighted by Gasteiger charge is -2.17. The number of hydrogen-bond acceptors (Lipinski definition) is 2. The van der Waals surface area contributed by atoms with E-state index in [0.29, 0.717) is 19.0 Å². The van der Waals surface area contributed by atoms with Crippen molar-refractivity contribution >= 4 is 39.4 Å². The van der Waals surface area contributed by atoms with E-state index in [9.17, 15) is 4.79 Å². The van der Waals surface area contributed by atoms with Crippen LogP contribution in [0.1, 0.15) is 10.5 Å². The van der Waals surface area contributed by atoms with E-state index in [1.165, 1.54) is 0 Å². The first kappa shape index (κ1) is 15.1. The molecule has 0 N–H and O–H groups in total. The zero-order chi connectivity index (χ0) is 14.7. The fourth-order valence-electron chi connectivity index (χ4n) is 2.19. The third-order valence-electron chi connectivity index (χ3n) is 3.12. The van der Waals surface area contributed by atoms with Crippen LogP contribution in [0, 0.1) is 3.57 Å². The van der Waals surface area contributed by atoms with Gasteiger partial charge in [-0.1, -0.05) is 24.3 Å². The van der Waals surface area contributed by atoms with E-state index < -0.39 is 0 Å². The van der Waals surface area contributed by atoms with Crippen LogP contribution < -0.4 is 0 Å². The predicted octanol–water partition coefficient (Wildman–Crippen LogP) is 3.11. The van der Waals surface area contributed by atoms with Gasteiger partial charge in [0.1, 0.15) is 12.4 Å². The lowest BCUT2D eigenvalue weighted by Crippen LogP contribution is -2.29. The molecule has 5 heteroatoms. The van der Waals surface area contributed by atoms with Crippen molar-refractivity contribution in [1.29, 1.82) is 0 Å². The van der Waals surface area contributed by atoms with E-state index in [2.05, 4.69) is 29.2 Å². The Hall–Kier alpha value is -1.34. The van der Waals surface area contributed by atoms with E-state index in [1.807, 2.05) is 28.8 Å². The zero-order valence-corrected chi connectivity index (χ0v) is 13.8. The average Bonchev–Trinajstić information content (AvgIpc) is 2.73. The number of hydrogen-bond donors (Lipinski definition) is 0. The smallest absolute Gasteiger partial charge is 0.271 e. The van der Waals surface area contributed by atoms with Crippen molar-refractivity contribution in [3.63, 3.8) is 0 Å². The van der Waals surface area contributed by atoms with Crippen LogP contribution in [-0.2, 0) is 11.5 Å². The normalized spacial score (nSPS) is 10.8. The fraction of sp³-hybridized carbons (Fsp3) is 0.267. The fourth-order valence-corrected chi connectivity index (χ4v) is 3.17. The van der Waals surface area contributed by atoms with Gasteiger partial charge in [-0.05, 0) is 28.7 Å². The monoisotopic (exact) mass is 384 g/mol. The average molecular weight is 384 g/mol. The number of carbonyl (C=O) groups excluding carboxylic acids is 1. The van der Waals surface area contributed by atoms with Crippen LogP contribution in [0.3, 0.4) is 0 Å². The van der Waals surface area contributed by atoms with Crippen LogP contribution in [0.15, 0.2) is 36.9 Å². The second-order valence-electron chi connectivity index (χ2n) is 4.50. The van der Waals surface area contributed by atoms with Gasteiger partial charge in [0.25, 0.3) is 5.91 Å². The first-order valence-electron chi connectivity index (χ1n) is 6.23. The molecule has 0 spiro atoms. The summed E-state index contributed by atoms with van der Waals surface area (Å²) in [5, 5.41) is 1.07. The molecule has 20 heavy (non-hydrogen) atoms. The summed E-state index contributed by atoms with van der Waals surface area (Å²) in [4.78, 5) is 14.3. The minimum Gasteiger partial charge on any atom is -0.364 e. The van der Waals surface area contributed by atoms with Crippen molar-refractivity contribution in [2.24, 2.45) is 0 Å². The van der Waals surface area contributed by atoms with Gasteiger partial charge in [0, 0.05) is 26.1 Å². The molecule has 0 aliphatic carbocycles. The molecule has 0 radical (unpaired) electrons. The highest BCUT2D eigenvalue weighted by atomic mass is 127. The van der Waals surface area contributed by atoms with Gasteiger partial charge in [0.2, 0.25) is 0 Å². The number of ether oxygens (including phenoxy) is 1. The standard InChI is InChI=1S/C15H17IN2O2/c1-4-9-17(2)15(19)14-13(16)11-7-5-6-8-12(11)18(14)10-20-3/h4-8H,1,9-10H2,2-3H3.